The fourth-order valence-corrected chi connectivity index (χ4v) is 2.10. The number of benzene rings is 1. The Labute approximate surface area is 141 Å². The zero-order chi connectivity index (χ0) is 18.6. The molecule has 0 amide bonds. The molecule has 2 rings (SSSR count). The number of hydrogen-bond donors (Lipinski definition) is 2. The molecule has 0 saturated carbocycles. The predicted octanol–water partition coefficient (Wildman–Crippen LogP) is 1.90. The van der Waals surface area contributed by atoms with Gasteiger partial charge in [0.1, 0.15) is 11.5 Å². The molecule has 0 aliphatic heterocycles. The maximum atomic E-state index is 11.0. The van der Waals surface area contributed by atoms with Gasteiger partial charge in [-0.15, -0.1) is 5.10 Å². The number of rotatable bonds is 5. The van der Waals surface area contributed by atoms with Crippen molar-refractivity contribution in [3.05, 3.63) is 61.4 Å². The highest BCUT2D eigenvalue weighted by atomic mass is 16.7. The lowest BCUT2D eigenvalue weighted by Crippen LogP contribution is -2.35. The van der Waals surface area contributed by atoms with Crippen LogP contribution in [-0.4, -0.2) is 22.1 Å². The lowest BCUT2D eigenvalue weighted by Gasteiger charge is -2.06. The minimum absolute atomic E-state index is 0.0395. The van der Waals surface area contributed by atoms with E-state index in [2.05, 4.69) is 10.2 Å². The zero-order valence-corrected chi connectivity index (χ0v) is 13.3. The normalized spacial score (nSPS) is 11.7. The van der Waals surface area contributed by atoms with E-state index in [-0.39, 0.29) is 5.69 Å². The molecule has 1 aromatic carbocycles. The number of hydrogen-bond acceptors (Lipinski definition) is 7. The average Bonchev–Trinajstić information content (AvgIpc) is 2.97. The molecule has 25 heavy (non-hydrogen) atoms. The number of guanidine groups is 1. The second kappa shape index (κ2) is 7.21. The average molecular weight is 346 g/mol. The molecule has 3 N–H and O–H groups in total. The fourth-order valence-electron chi connectivity index (χ4n) is 2.10. The summed E-state index contributed by atoms with van der Waals surface area (Å²) in [6.45, 7) is 3.43. The monoisotopic (exact) mass is 346 g/mol. The van der Waals surface area contributed by atoms with Gasteiger partial charge >= 0.3 is 0 Å². The molecule has 0 unspecified atom stereocenters. The summed E-state index contributed by atoms with van der Waals surface area (Å²) < 4.78 is 5.59. The van der Waals surface area contributed by atoms with E-state index < -0.39 is 15.9 Å². The predicted molar refractivity (Wildman–Crippen MR) is 89.6 cm³/mol. The van der Waals surface area contributed by atoms with Gasteiger partial charge in [0.15, 0.2) is 5.03 Å². The zero-order valence-electron chi connectivity index (χ0n) is 13.3. The molecule has 0 radical (unpaired) electrons. The summed E-state index contributed by atoms with van der Waals surface area (Å²) in [6.07, 6.45) is 1.23. The Hall–Kier alpha value is -3.76. The van der Waals surface area contributed by atoms with Crippen LogP contribution in [0.5, 0.6) is 0 Å². The summed E-state index contributed by atoms with van der Waals surface area (Å²) in [5.74, 6) is 0.357. The third-order valence-corrected chi connectivity index (χ3v) is 3.40. The van der Waals surface area contributed by atoms with Crippen LogP contribution in [0.2, 0.25) is 0 Å². The van der Waals surface area contributed by atoms with Crippen molar-refractivity contribution >= 4 is 17.9 Å². The summed E-state index contributed by atoms with van der Waals surface area (Å²) in [6, 6.07) is 6.32. The van der Waals surface area contributed by atoms with Crippen LogP contribution in [-0.2, 0) is 0 Å². The molecule has 0 fully saturated rings. The van der Waals surface area contributed by atoms with Crippen LogP contribution in [0.3, 0.4) is 0 Å². The van der Waals surface area contributed by atoms with Crippen molar-refractivity contribution in [1.29, 1.82) is 0 Å². The van der Waals surface area contributed by atoms with E-state index in [0.29, 0.717) is 22.6 Å². The first kappa shape index (κ1) is 17.6. The maximum absolute atomic E-state index is 11.0. The van der Waals surface area contributed by atoms with Crippen molar-refractivity contribution in [1.82, 2.24) is 5.43 Å². The quantitative estimate of drug-likeness (QED) is 0.361. The lowest BCUT2D eigenvalue weighted by molar-refractivity contribution is -0.525. The molecule has 2 aromatic rings. The molecule has 1 heterocycles. The van der Waals surface area contributed by atoms with Crippen LogP contribution in [0, 0.1) is 34.1 Å². The number of nitrogens with one attached hydrogen (secondary N) is 1. The second-order valence-electron chi connectivity index (χ2n) is 4.94. The molecule has 11 heteroatoms. The van der Waals surface area contributed by atoms with Gasteiger partial charge in [0.2, 0.25) is 0 Å². The standard InChI is InChI=1S/C14H14N6O5/c1-8-9(2)12(19(21)22)5-4-11(8)13-6-3-10(25-13)7-16-17-14(15)18-20(23)24/h3-7H,1-2H3,(H3,15,17,18)/b16-7-. The number of hydrazine groups is 1. The minimum Gasteiger partial charge on any atom is -0.455 e. The van der Waals surface area contributed by atoms with Crippen LogP contribution in [0.15, 0.2) is 38.9 Å². The Kier molecular flexibility index (Phi) is 5.07. The first-order valence-electron chi connectivity index (χ1n) is 6.92. The van der Waals surface area contributed by atoms with E-state index in [1.165, 1.54) is 12.3 Å². The third-order valence-electron chi connectivity index (χ3n) is 3.40. The number of nitro groups is 2. The van der Waals surface area contributed by atoms with Gasteiger partial charge in [-0.05, 0) is 37.6 Å². The van der Waals surface area contributed by atoms with Gasteiger partial charge in [-0.3, -0.25) is 10.1 Å². The van der Waals surface area contributed by atoms with Crippen LogP contribution in [0.25, 0.3) is 11.3 Å². The molecule has 0 aliphatic rings. The minimum atomic E-state index is -0.862. The van der Waals surface area contributed by atoms with E-state index in [1.54, 1.807) is 37.5 Å². The summed E-state index contributed by atoms with van der Waals surface area (Å²) in [4.78, 5) is 20.7. The first-order chi connectivity index (χ1) is 11.8. The summed E-state index contributed by atoms with van der Waals surface area (Å²) in [5, 5.41) is 27.2. The van der Waals surface area contributed by atoms with Gasteiger partial charge in [0, 0.05) is 17.2 Å². The van der Waals surface area contributed by atoms with Crippen molar-refractivity contribution in [2.45, 2.75) is 13.8 Å². The molecule has 130 valence electrons. The van der Waals surface area contributed by atoms with Gasteiger partial charge in [-0.25, -0.2) is 10.1 Å². The second-order valence-corrected chi connectivity index (χ2v) is 4.94. The van der Waals surface area contributed by atoms with Crippen LogP contribution < -0.4 is 11.2 Å². The Morgan fingerprint density at radius 3 is 2.56 bits per heavy atom. The molecule has 1 aromatic heterocycles. The molecule has 0 aliphatic carbocycles. The van der Waals surface area contributed by atoms with Crippen molar-refractivity contribution in [2.24, 2.45) is 15.9 Å². The SMILES string of the molecule is Cc1c(-c2ccc(/C=N\N=C(N)N[N+](=O)[O-])o2)ccc([N+](=O)[O-])c1C. The summed E-state index contributed by atoms with van der Waals surface area (Å²) in [5.41, 5.74) is 8.87. The number of nitrogens with zero attached hydrogens (tertiary/aromatic N) is 4. The summed E-state index contributed by atoms with van der Waals surface area (Å²) >= 11 is 0. The van der Waals surface area contributed by atoms with E-state index >= 15 is 0 Å². The largest absolute Gasteiger partial charge is 0.455 e. The van der Waals surface area contributed by atoms with Gasteiger partial charge < -0.3 is 10.2 Å². The lowest BCUT2D eigenvalue weighted by atomic mass is 10.00. The highest BCUT2D eigenvalue weighted by molar-refractivity contribution is 5.80. The van der Waals surface area contributed by atoms with Gasteiger partial charge in [0.05, 0.1) is 11.1 Å². The third kappa shape index (κ3) is 4.16. The van der Waals surface area contributed by atoms with Gasteiger partial charge in [-0.2, -0.15) is 5.10 Å². The molecular weight excluding hydrogens is 332 g/mol. The van der Waals surface area contributed by atoms with E-state index in [4.69, 9.17) is 10.2 Å². The topological polar surface area (TPSA) is 162 Å². The molecule has 0 atom stereocenters. The van der Waals surface area contributed by atoms with E-state index in [1.807, 2.05) is 0 Å². The Bertz CT molecular complexity index is 886. The fraction of sp³-hybridized carbons (Fsp3) is 0.143. The molecule has 0 bridgehead atoms. The van der Waals surface area contributed by atoms with Crippen LogP contribution in [0.4, 0.5) is 5.69 Å². The number of nitrogens with two attached hydrogens (primary N) is 1. The highest BCUT2D eigenvalue weighted by Gasteiger charge is 2.17. The number of furan rings is 1. The molecular formula is C14H14N6O5. The van der Waals surface area contributed by atoms with Crippen LogP contribution >= 0.6 is 0 Å². The van der Waals surface area contributed by atoms with Crippen molar-refractivity contribution in [3.8, 4) is 11.3 Å². The van der Waals surface area contributed by atoms with Crippen molar-refractivity contribution in [2.75, 3.05) is 0 Å². The molecule has 0 spiro atoms. The van der Waals surface area contributed by atoms with E-state index in [9.17, 15) is 20.2 Å². The van der Waals surface area contributed by atoms with E-state index in [0.717, 1.165) is 5.56 Å². The smallest absolute Gasteiger partial charge is 0.275 e. The van der Waals surface area contributed by atoms with Gasteiger partial charge in [0.25, 0.3) is 11.6 Å². The summed E-state index contributed by atoms with van der Waals surface area (Å²) in [7, 11) is 0. The Balaban J connectivity index is 2.23. The van der Waals surface area contributed by atoms with Crippen LogP contribution in [0.1, 0.15) is 16.9 Å². The molecule has 0 saturated heterocycles. The number of nitro benzene ring substituents is 1. The Morgan fingerprint density at radius 1 is 1.20 bits per heavy atom. The van der Waals surface area contributed by atoms with Crippen molar-refractivity contribution < 1.29 is 14.4 Å². The van der Waals surface area contributed by atoms with Gasteiger partial charge in [-0.1, -0.05) is 5.43 Å². The Morgan fingerprint density at radius 2 is 1.92 bits per heavy atom. The highest BCUT2D eigenvalue weighted by Crippen LogP contribution is 2.31. The maximum Gasteiger partial charge on any atom is 0.275 e. The first-order valence-corrected chi connectivity index (χ1v) is 6.92. The van der Waals surface area contributed by atoms with Crippen molar-refractivity contribution in [3.63, 3.8) is 0 Å². The molecule has 11 nitrogen and oxygen atoms in total.